The molecule has 0 fully saturated rings. The van der Waals surface area contributed by atoms with Gasteiger partial charge in [-0.25, -0.2) is 4.18 Å². The second-order valence-electron chi connectivity index (χ2n) is 5.95. The van der Waals surface area contributed by atoms with Gasteiger partial charge in [0.1, 0.15) is 0 Å². The molecule has 0 spiro atoms. The standard InChI is InChI=1S/C15H26N2O8S.Na/c1-2-3-4-5-6-7-8-9-12(18)25-15-14(20)16-11(13(19)17-15)10-24-26(21,22)23;/h11,15H,2-10H2,1H3,(H,16,20)(H,17,19)(H,21,22,23);/q;+1/p-1/t11-,15-;/m0./s1. The van der Waals surface area contributed by atoms with E-state index < -0.39 is 47.0 Å². The molecule has 1 aliphatic heterocycles. The van der Waals surface area contributed by atoms with Crippen molar-refractivity contribution in [2.45, 2.75) is 70.6 Å². The molecule has 2 atom stereocenters. The number of amides is 1. The zero-order valence-electron chi connectivity index (χ0n) is 15.7. The molecule has 1 aliphatic rings. The Labute approximate surface area is 181 Å². The van der Waals surface area contributed by atoms with Crippen molar-refractivity contribution in [1.29, 1.82) is 0 Å². The van der Waals surface area contributed by atoms with Crippen LogP contribution in [-0.2, 0) is 28.9 Å². The van der Waals surface area contributed by atoms with E-state index in [1.54, 1.807) is 0 Å². The fraction of sp³-hybridized carbons (Fsp3) is 0.800. The smallest absolute Gasteiger partial charge is 0.860 e. The predicted octanol–water partition coefficient (Wildman–Crippen LogP) is -2.92. The molecule has 1 rings (SSSR count). The third-order valence-corrected chi connectivity index (χ3v) is 4.13. The number of unbranched alkanes of at least 4 members (excludes halogenated alkanes) is 6. The molecule has 0 aromatic heterocycles. The van der Waals surface area contributed by atoms with Crippen LogP contribution in [0.1, 0.15) is 58.3 Å². The summed E-state index contributed by atoms with van der Waals surface area (Å²) in [7, 11) is -4.75. The zero-order chi connectivity index (χ0) is 19.6. The first-order valence-corrected chi connectivity index (χ1v) is 9.96. The zero-order valence-corrected chi connectivity index (χ0v) is 18.5. The van der Waals surface area contributed by atoms with Crippen LogP contribution >= 0.6 is 0 Å². The van der Waals surface area contributed by atoms with Gasteiger partial charge in [-0.1, -0.05) is 45.4 Å². The molecule has 0 saturated carbocycles. The number of nitrogens with one attached hydrogen (secondary N) is 1. The molecule has 0 bridgehead atoms. The Hall–Kier alpha value is -0.720. The number of carbonyl (C=O) groups is 2. The summed E-state index contributed by atoms with van der Waals surface area (Å²) in [5, 5.41) is 13.8. The van der Waals surface area contributed by atoms with Crippen LogP contribution in [0.4, 0.5) is 0 Å². The molecule has 0 aliphatic carbocycles. The van der Waals surface area contributed by atoms with Crippen molar-refractivity contribution in [3.8, 4) is 0 Å². The summed E-state index contributed by atoms with van der Waals surface area (Å²) in [4.78, 5) is 26.9. The van der Waals surface area contributed by atoms with Crippen LogP contribution in [-0.4, -0.2) is 49.6 Å². The molecule has 12 heteroatoms. The number of ether oxygens (including phenoxy) is 1. The molecule has 0 aromatic rings. The Morgan fingerprint density at radius 1 is 1.22 bits per heavy atom. The fourth-order valence-electron chi connectivity index (χ4n) is 2.33. The average Bonchev–Trinajstić information content (AvgIpc) is 2.55. The van der Waals surface area contributed by atoms with Crippen molar-refractivity contribution in [1.82, 2.24) is 5.32 Å². The van der Waals surface area contributed by atoms with E-state index >= 15 is 0 Å². The summed E-state index contributed by atoms with van der Waals surface area (Å²) in [5.41, 5.74) is 0. The predicted molar refractivity (Wildman–Crippen MR) is 89.4 cm³/mol. The van der Waals surface area contributed by atoms with Gasteiger partial charge < -0.3 is 15.2 Å². The maximum Gasteiger partial charge on any atom is 1.00 e. The van der Waals surface area contributed by atoms with Gasteiger partial charge in [-0.15, -0.1) is 0 Å². The summed E-state index contributed by atoms with van der Waals surface area (Å²) in [5.74, 6) is -2.41. The van der Waals surface area contributed by atoms with Gasteiger partial charge >= 0.3 is 45.9 Å². The van der Waals surface area contributed by atoms with Gasteiger partial charge in [-0.2, -0.15) is 8.42 Å². The number of esters is 1. The SMILES string of the molecule is CCCCCCCCCC(=O)O[C@@H]1N=C([O-])[C@H](COS(=O)(=O)O)NC1=O.[Na+]. The monoisotopic (exact) mass is 416 g/mol. The molecule has 2 N–H and O–H groups in total. The first-order valence-electron chi connectivity index (χ1n) is 8.59. The van der Waals surface area contributed by atoms with Crippen molar-refractivity contribution in [2.75, 3.05) is 6.61 Å². The summed E-state index contributed by atoms with van der Waals surface area (Å²) < 4.78 is 38.3. The van der Waals surface area contributed by atoms with Crippen LogP contribution in [0.15, 0.2) is 4.99 Å². The third-order valence-electron chi connectivity index (χ3n) is 3.69. The number of aliphatic imine (C=N–C) groups is 1. The van der Waals surface area contributed by atoms with Crippen LogP contribution in [0.2, 0.25) is 0 Å². The summed E-state index contributed by atoms with van der Waals surface area (Å²) in [6.07, 6.45) is 5.70. The molecule has 0 unspecified atom stereocenters. The molecule has 10 nitrogen and oxygen atoms in total. The molecule has 27 heavy (non-hydrogen) atoms. The fourth-order valence-corrected chi connectivity index (χ4v) is 2.63. The number of hydrogen-bond donors (Lipinski definition) is 2. The van der Waals surface area contributed by atoms with Gasteiger partial charge in [0.05, 0.1) is 12.6 Å². The van der Waals surface area contributed by atoms with Crippen molar-refractivity contribution >= 4 is 28.2 Å². The second kappa shape index (κ2) is 13.5. The normalized spacial score (nSPS) is 19.6. The van der Waals surface area contributed by atoms with E-state index in [1.807, 2.05) is 0 Å². The van der Waals surface area contributed by atoms with Gasteiger partial charge in [-0.05, 0) is 12.3 Å². The Morgan fingerprint density at radius 2 is 1.81 bits per heavy atom. The largest absolute Gasteiger partial charge is 1.00 e. The van der Waals surface area contributed by atoms with E-state index in [0.29, 0.717) is 6.42 Å². The molecule has 1 amide bonds. The topological polar surface area (TPSA) is 154 Å². The molecular weight excluding hydrogens is 391 g/mol. The molecular formula is C15H25N2NaO8S. The van der Waals surface area contributed by atoms with E-state index in [2.05, 4.69) is 21.4 Å². The van der Waals surface area contributed by atoms with Crippen LogP contribution < -0.4 is 40.0 Å². The first kappa shape index (κ1) is 26.3. The summed E-state index contributed by atoms with van der Waals surface area (Å²) in [6, 6.07) is -1.37. The summed E-state index contributed by atoms with van der Waals surface area (Å²) >= 11 is 0. The van der Waals surface area contributed by atoms with E-state index in [-0.39, 0.29) is 36.0 Å². The number of nitrogens with zero attached hydrogens (tertiary/aromatic N) is 1. The van der Waals surface area contributed by atoms with E-state index in [9.17, 15) is 23.1 Å². The van der Waals surface area contributed by atoms with Crippen LogP contribution in [0.5, 0.6) is 0 Å². The molecule has 1 heterocycles. The van der Waals surface area contributed by atoms with Gasteiger partial charge in [-0.3, -0.25) is 19.1 Å². The number of carbonyl (C=O) groups excluding carboxylic acids is 2. The minimum Gasteiger partial charge on any atom is -0.860 e. The number of hydrogen-bond acceptors (Lipinski definition) is 8. The van der Waals surface area contributed by atoms with E-state index in [0.717, 1.165) is 19.3 Å². The minimum absolute atomic E-state index is 0. The number of rotatable bonds is 12. The van der Waals surface area contributed by atoms with Gasteiger partial charge in [0.25, 0.3) is 12.1 Å². The third kappa shape index (κ3) is 11.7. The van der Waals surface area contributed by atoms with Crippen LogP contribution in [0.3, 0.4) is 0 Å². The van der Waals surface area contributed by atoms with E-state index in [1.165, 1.54) is 19.3 Å². The molecule has 0 radical (unpaired) electrons. The average molecular weight is 416 g/mol. The van der Waals surface area contributed by atoms with Crippen molar-refractivity contribution in [3.05, 3.63) is 0 Å². The van der Waals surface area contributed by atoms with Crippen molar-refractivity contribution in [3.63, 3.8) is 0 Å². The van der Waals surface area contributed by atoms with Gasteiger partial charge in [0, 0.05) is 6.42 Å². The molecule has 0 saturated heterocycles. The maximum absolute atomic E-state index is 11.8. The van der Waals surface area contributed by atoms with Crippen LogP contribution in [0, 0.1) is 0 Å². The Bertz CT molecular complexity index is 611. The molecule has 0 aromatic carbocycles. The summed E-state index contributed by atoms with van der Waals surface area (Å²) in [6.45, 7) is 1.34. The van der Waals surface area contributed by atoms with Gasteiger partial charge in [0.2, 0.25) is 0 Å². The maximum atomic E-state index is 11.8. The minimum atomic E-state index is -4.75. The van der Waals surface area contributed by atoms with Crippen molar-refractivity contribution < 1.29 is 66.1 Å². The molecule has 150 valence electrons. The Kier molecular flexibility index (Phi) is 13.1. The van der Waals surface area contributed by atoms with Gasteiger partial charge in [0.15, 0.2) is 0 Å². The van der Waals surface area contributed by atoms with Crippen LogP contribution in [0.25, 0.3) is 0 Å². The Balaban J connectivity index is 0.00000676. The quantitative estimate of drug-likeness (QED) is 0.148. The second-order valence-corrected chi connectivity index (χ2v) is 7.05. The first-order chi connectivity index (χ1) is 12.2. The van der Waals surface area contributed by atoms with Crippen molar-refractivity contribution in [2.24, 2.45) is 4.99 Å². The Morgan fingerprint density at radius 3 is 2.41 bits per heavy atom. The van der Waals surface area contributed by atoms with E-state index in [4.69, 9.17) is 9.29 Å².